The van der Waals surface area contributed by atoms with Gasteiger partial charge in [-0.05, 0) is 53.9 Å². The number of urea groups is 1. The number of piperazine rings is 1. The molecule has 1 saturated heterocycles. The maximum atomic E-state index is 12.5. The van der Waals surface area contributed by atoms with E-state index in [1.54, 1.807) is 22.6 Å². The molecule has 1 aliphatic heterocycles. The number of nitrogens with zero attached hydrogens (tertiary/aromatic N) is 4. The number of aryl methyl sites for hydroxylation is 1. The largest absolute Gasteiger partial charge is 0.446 e. The van der Waals surface area contributed by atoms with Gasteiger partial charge in [-0.15, -0.1) is 11.3 Å². The molecule has 1 aliphatic rings. The van der Waals surface area contributed by atoms with Crippen LogP contribution >= 0.6 is 23.1 Å². The van der Waals surface area contributed by atoms with E-state index in [0.717, 1.165) is 21.6 Å². The number of halogens is 3. The molecule has 11 heteroatoms. The topological polar surface area (TPSA) is 61.4 Å². The molecule has 30 heavy (non-hydrogen) atoms. The van der Waals surface area contributed by atoms with Crippen molar-refractivity contribution < 1.29 is 18.0 Å². The number of benzene rings is 1. The zero-order chi connectivity index (χ0) is 21.3. The molecule has 6 nitrogen and oxygen atoms in total. The lowest BCUT2D eigenvalue weighted by Crippen LogP contribution is -2.50. The van der Waals surface area contributed by atoms with Crippen molar-refractivity contribution in [1.82, 2.24) is 14.9 Å². The van der Waals surface area contributed by atoms with Gasteiger partial charge in [0.05, 0.1) is 5.39 Å². The maximum Gasteiger partial charge on any atom is 0.446 e. The first-order valence-electron chi connectivity index (χ1n) is 9.15. The van der Waals surface area contributed by atoms with Crippen LogP contribution in [0, 0.1) is 6.92 Å². The Kier molecular flexibility index (Phi) is 5.74. The van der Waals surface area contributed by atoms with Crippen LogP contribution in [0.5, 0.6) is 0 Å². The molecule has 3 aromatic rings. The average molecular weight is 454 g/mol. The number of nitrogens with one attached hydrogen (secondary N) is 1. The number of alkyl halides is 3. The van der Waals surface area contributed by atoms with Crippen LogP contribution in [-0.2, 0) is 0 Å². The highest BCUT2D eigenvalue weighted by atomic mass is 32.2. The minimum absolute atomic E-state index is 0.0778. The smallest absolute Gasteiger partial charge is 0.352 e. The number of amides is 2. The van der Waals surface area contributed by atoms with Gasteiger partial charge in [0.25, 0.3) is 0 Å². The fourth-order valence-electron chi connectivity index (χ4n) is 3.30. The summed E-state index contributed by atoms with van der Waals surface area (Å²) < 4.78 is 37.2. The predicted molar refractivity (Wildman–Crippen MR) is 113 cm³/mol. The van der Waals surface area contributed by atoms with Crippen LogP contribution in [0.1, 0.15) is 5.56 Å². The minimum Gasteiger partial charge on any atom is -0.352 e. The van der Waals surface area contributed by atoms with E-state index >= 15 is 0 Å². The molecular formula is C19H18F3N5OS2. The molecule has 1 N–H and O–H groups in total. The van der Waals surface area contributed by atoms with Crippen LogP contribution in [0.4, 0.5) is 29.5 Å². The van der Waals surface area contributed by atoms with Crippen molar-refractivity contribution in [3.8, 4) is 0 Å². The zero-order valence-corrected chi connectivity index (χ0v) is 17.6. The number of aromatic nitrogens is 2. The Morgan fingerprint density at radius 2 is 1.83 bits per heavy atom. The lowest BCUT2D eigenvalue weighted by atomic mass is 10.2. The standard InChI is InChI=1S/C19H18F3N5OS2/c1-12-10-29-17-15(12)16(23-11-24-17)26-6-8-27(9-7-26)18(28)25-13-2-4-14(5-3-13)30-19(20,21)22/h2-5,10-11H,6-9H2,1H3,(H,25,28). The second-order valence-corrected chi connectivity index (χ2v) is 8.77. The third-order valence-corrected chi connectivity index (χ3v) is 6.48. The highest BCUT2D eigenvalue weighted by molar-refractivity contribution is 8.00. The number of carbonyl (C=O) groups is 1. The molecule has 4 rings (SSSR count). The number of thiophene rings is 1. The molecule has 0 radical (unpaired) electrons. The molecule has 3 heterocycles. The van der Waals surface area contributed by atoms with Gasteiger partial charge in [0.15, 0.2) is 0 Å². The van der Waals surface area contributed by atoms with E-state index in [9.17, 15) is 18.0 Å². The molecule has 1 fully saturated rings. The van der Waals surface area contributed by atoms with E-state index in [4.69, 9.17) is 0 Å². The van der Waals surface area contributed by atoms with Gasteiger partial charge in [0, 0.05) is 36.8 Å². The Bertz CT molecular complexity index is 1050. The van der Waals surface area contributed by atoms with Crippen molar-refractivity contribution in [2.24, 2.45) is 0 Å². The van der Waals surface area contributed by atoms with Crippen molar-refractivity contribution in [3.05, 3.63) is 41.5 Å². The van der Waals surface area contributed by atoms with Crippen molar-refractivity contribution in [1.29, 1.82) is 0 Å². The number of rotatable bonds is 3. The molecule has 2 amide bonds. The number of anilines is 2. The van der Waals surface area contributed by atoms with Gasteiger partial charge in [-0.3, -0.25) is 0 Å². The predicted octanol–water partition coefficient (Wildman–Crippen LogP) is 4.97. The molecule has 2 aromatic heterocycles. The molecule has 158 valence electrons. The maximum absolute atomic E-state index is 12.5. The number of hydrogen-bond acceptors (Lipinski definition) is 6. The highest BCUT2D eigenvalue weighted by Crippen LogP contribution is 2.37. The van der Waals surface area contributed by atoms with Gasteiger partial charge in [0.1, 0.15) is 17.0 Å². The van der Waals surface area contributed by atoms with Gasteiger partial charge in [-0.25, -0.2) is 14.8 Å². The minimum atomic E-state index is -4.33. The summed E-state index contributed by atoms with van der Waals surface area (Å²) in [6.45, 7) is 4.34. The number of carbonyl (C=O) groups excluding carboxylic acids is 1. The molecule has 0 atom stereocenters. The summed E-state index contributed by atoms with van der Waals surface area (Å²) >= 11 is 1.41. The first-order chi connectivity index (χ1) is 14.3. The van der Waals surface area contributed by atoms with Crippen LogP contribution in [0.3, 0.4) is 0 Å². The van der Waals surface area contributed by atoms with Crippen LogP contribution in [0.15, 0.2) is 40.9 Å². The van der Waals surface area contributed by atoms with Gasteiger partial charge >= 0.3 is 11.5 Å². The fourth-order valence-corrected chi connectivity index (χ4v) is 4.73. The van der Waals surface area contributed by atoms with E-state index in [-0.39, 0.29) is 22.7 Å². The van der Waals surface area contributed by atoms with E-state index in [0.29, 0.717) is 31.9 Å². The second-order valence-electron chi connectivity index (χ2n) is 6.77. The lowest BCUT2D eigenvalue weighted by Gasteiger charge is -2.35. The SMILES string of the molecule is Cc1csc2ncnc(N3CCN(C(=O)Nc4ccc(SC(F)(F)F)cc4)CC3)c12. The van der Waals surface area contributed by atoms with Crippen molar-refractivity contribution >= 4 is 50.9 Å². The van der Waals surface area contributed by atoms with Crippen LogP contribution < -0.4 is 10.2 Å². The van der Waals surface area contributed by atoms with E-state index in [1.807, 2.05) is 6.92 Å². The Hall–Kier alpha value is -2.53. The summed E-state index contributed by atoms with van der Waals surface area (Å²) in [5, 5.41) is 5.86. The molecule has 0 saturated carbocycles. The first kappa shape index (κ1) is 20.7. The molecule has 0 spiro atoms. The Morgan fingerprint density at radius 1 is 1.13 bits per heavy atom. The van der Waals surface area contributed by atoms with E-state index in [1.165, 1.54) is 24.3 Å². The first-order valence-corrected chi connectivity index (χ1v) is 10.9. The fraction of sp³-hybridized carbons (Fsp3) is 0.316. The van der Waals surface area contributed by atoms with Gasteiger partial charge in [-0.1, -0.05) is 0 Å². The zero-order valence-electron chi connectivity index (χ0n) is 15.9. The van der Waals surface area contributed by atoms with Crippen molar-refractivity contribution in [2.75, 3.05) is 36.4 Å². The number of hydrogen-bond donors (Lipinski definition) is 1. The van der Waals surface area contributed by atoms with Gasteiger partial charge in [0.2, 0.25) is 0 Å². The summed E-state index contributed by atoms with van der Waals surface area (Å²) in [6.07, 6.45) is 1.56. The summed E-state index contributed by atoms with van der Waals surface area (Å²) in [6, 6.07) is 5.36. The van der Waals surface area contributed by atoms with E-state index < -0.39 is 5.51 Å². The molecular weight excluding hydrogens is 435 g/mol. The third kappa shape index (κ3) is 4.62. The summed E-state index contributed by atoms with van der Waals surface area (Å²) in [4.78, 5) is 26.2. The summed E-state index contributed by atoms with van der Waals surface area (Å²) in [5.74, 6) is 0.886. The molecule has 0 aliphatic carbocycles. The lowest BCUT2D eigenvalue weighted by molar-refractivity contribution is -0.0328. The summed E-state index contributed by atoms with van der Waals surface area (Å²) in [5.41, 5.74) is -2.74. The van der Waals surface area contributed by atoms with E-state index in [2.05, 4.69) is 25.6 Å². The quantitative estimate of drug-likeness (QED) is 0.568. The second kappa shape index (κ2) is 8.31. The van der Waals surface area contributed by atoms with Crippen LogP contribution in [-0.4, -0.2) is 52.6 Å². The van der Waals surface area contributed by atoms with Gasteiger partial charge < -0.3 is 15.1 Å². The van der Waals surface area contributed by atoms with Crippen molar-refractivity contribution in [3.63, 3.8) is 0 Å². The Labute approximate surface area is 179 Å². The molecule has 0 unspecified atom stereocenters. The highest BCUT2D eigenvalue weighted by Gasteiger charge is 2.29. The monoisotopic (exact) mass is 453 g/mol. The summed E-state index contributed by atoms with van der Waals surface area (Å²) in [7, 11) is 0. The molecule has 0 bridgehead atoms. The Morgan fingerprint density at radius 3 is 2.50 bits per heavy atom. The van der Waals surface area contributed by atoms with Crippen LogP contribution in [0.2, 0.25) is 0 Å². The normalized spacial score (nSPS) is 14.9. The molecule has 1 aromatic carbocycles. The van der Waals surface area contributed by atoms with Gasteiger partial charge in [-0.2, -0.15) is 13.2 Å². The number of fused-ring (bicyclic) bond motifs is 1. The average Bonchev–Trinajstić information content (AvgIpc) is 3.10. The Balaban J connectivity index is 1.36. The van der Waals surface area contributed by atoms with Crippen LogP contribution in [0.25, 0.3) is 10.2 Å². The third-order valence-electron chi connectivity index (χ3n) is 4.74. The van der Waals surface area contributed by atoms with Crippen molar-refractivity contribution in [2.45, 2.75) is 17.3 Å². The number of thioether (sulfide) groups is 1.